The summed E-state index contributed by atoms with van der Waals surface area (Å²) in [7, 11) is -3.74. The maximum atomic E-state index is 12.4. The summed E-state index contributed by atoms with van der Waals surface area (Å²) in [5.41, 5.74) is 2.03. The number of carbonyl (C=O) groups excluding carboxylic acids is 1. The van der Waals surface area contributed by atoms with Crippen molar-refractivity contribution in [1.29, 1.82) is 0 Å². The average molecular weight is 408 g/mol. The first-order valence-corrected chi connectivity index (χ1v) is 10.3. The lowest BCUT2D eigenvalue weighted by molar-refractivity contribution is -0.135. The molecule has 9 heteroatoms. The fourth-order valence-electron chi connectivity index (χ4n) is 2.76. The number of nitrogens with zero attached hydrogens (tertiary/aromatic N) is 3. The summed E-state index contributed by atoms with van der Waals surface area (Å²) in [4.78, 5) is 15.4. The van der Waals surface area contributed by atoms with Crippen LogP contribution in [-0.4, -0.2) is 19.4 Å². The highest BCUT2D eigenvalue weighted by Gasteiger charge is 2.17. The molecule has 8 nitrogen and oxygen atoms in total. The van der Waals surface area contributed by atoms with Crippen LogP contribution < -0.4 is 9.46 Å². The fourth-order valence-corrected chi connectivity index (χ4v) is 3.77. The number of carbonyl (C=O) groups is 1. The number of anilines is 1. The van der Waals surface area contributed by atoms with Crippen LogP contribution >= 0.6 is 0 Å². The van der Waals surface area contributed by atoms with Gasteiger partial charge in [0.25, 0.3) is 10.0 Å². The number of aryl methyl sites for hydroxylation is 1. The maximum absolute atomic E-state index is 12.4. The molecule has 1 aliphatic rings. The van der Waals surface area contributed by atoms with Gasteiger partial charge in [-0.15, -0.1) is 0 Å². The van der Waals surface area contributed by atoms with Crippen molar-refractivity contribution in [3.8, 4) is 5.75 Å². The molecule has 1 aliphatic heterocycles. The molecule has 0 spiro atoms. The quantitative estimate of drug-likeness (QED) is 0.387. The molecular formula is C20H16N4O4S. The van der Waals surface area contributed by atoms with Crippen LogP contribution in [0.2, 0.25) is 0 Å². The van der Waals surface area contributed by atoms with Crippen LogP contribution in [0.4, 0.5) is 17.2 Å². The van der Waals surface area contributed by atoms with Crippen LogP contribution in [0.25, 0.3) is 0 Å². The van der Waals surface area contributed by atoms with Gasteiger partial charge in [-0.1, -0.05) is 6.07 Å². The summed E-state index contributed by atoms with van der Waals surface area (Å²) >= 11 is 0. The molecule has 1 N–H and O–H groups in total. The van der Waals surface area contributed by atoms with Gasteiger partial charge in [-0.3, -0.25) is 9.52 Å². The first kappa shape index (κ1) is 18.8. The Hall–Kier alpha value is -3.59. The minimum absolute atomic E-state index is 0.0951. The molecule has 0 aliphatic carbocycles. The second-order valence-electron chi connectivity index (χ2n) is 6.28. The fraction of sp³-hybridized carbons (Fsp3) is 0.100. The molecule has 1 aromatic heterocycles. The normalized spacial score (nSPS) is 13.7. The number of sulfonamides is 1. The molecule has 0 fully saturated rings. The van der Waals surface area contributed by atoms with Gasteiger partial charge in [0.2, 0.25) is 0 Å². The van der Waals surface area contributed by atoms with Crippen molar-refractivity contribution in [2.45, 2.75) is 17.7 Å². The van der Waals surface area contributed by atoms with E-state index in [1.54, 1.807) is 42.5 Å². The minimum atomic E-state index is -3.74. The average Bonchev–Trinajstić information content (AvgIpc) is 2.73. The molecule has 146 valence electrons. The molecule has 0 atom stereocenters. The molecule has 2 aromatic carbocycles. The molecule has 0 saturated carbocycles. The summed E-state index contributed by atoms with van der Waals surface area (Å²) in [6, 6.07) is 16.2. The van der Waals surface area contributed by atoms with Crippen molar-refractivity contribution in [2.24, 2.45) is 10.2 Å². The first-order valence-electron chi connectivity index (χ1n) is 8.79. The lowest BCUT2D eigenvalue weighted by atomic mass is 10.1. The van der Waals surface area contributed by atoms with Gasteiger partial charge in [0, 0.05) is 6.20 Å². The summed E-state index contributed by atoms with van der Waals surface area (Å²) < 4.78 is 32.4. The van der Waals surface area contributed by atoms with Crippen LogP contribution in [0.15, 0.2) is 82.0 Å². The Morgan fingerprint density at radius 2 is 1.69 bits per heavy atom. The third-order valence-corrected chi connectivity index (χ3v) is 5.57. The van der Waals surface area contributed by atoms with Crippen LogP contribution in [0, 0.1) is 0 Å². The largest absolute Gasteiger partial charge is 0.426 e. The molecule has 2 heterocycles. The van der Waals surface area contributed by atoms with Crippen molar-refractivity contribution in [2.75, 3.05) is 4.72 Å². The van der Waals surface area contributed by atoms with Gasteiger partial charge in [-0.2, -0.15) is 10.2 Å². The zero-order valence-corrected chi connectivity index (χ0v) is 16.0. The Bertz CT molecular complexity index is 1180. The number of azo groups is 1. The third kappa shape index (κ3) is 4.46. The van der Waals surface area contributed by atoms with Crippen LogP contribution in [0.5, 0.6) is 5.75 Å². The van der Waals surface area contributed by atoms with E-state index >= 15 is 0 Å². The molecule has 29 heavy (non-hydrogen) atoms. The minimum Gasteiger partial charge on any atom is -0.426 e. The number of aromatic nitrogens is 1. The van der Waals surface area contributed by atoms with Crippen molar-refractivity contribution < 1.29 is 17.9 Å². The highest BCUT2D eigenvalue weighted by Crippen LogP contribution is 2.30. The smallest absolute Gasteiger partial charge is 0.311 e. The number of hydrogen-bond donors (Lipinski definition) is 1. The van der Waals surface area contributed by atoms with Gasteiger partial charge < -0.3 is 4.74 Å². The van der Waals surface area contributed by atoms with E-state index in [9.17, 15) is 13.2 Å². The van der Waals surface area contributed by atoms with Gasteiger partial charge in [-0.05, 0) is 66.6 Å². The Kier molecular flexibility index (Phi) is 5.05. The topological polar surface area (TPSA) is 110 Å². The molecule has 0 bridgehead atoms. The van der Waals surface area contributed by atoms with E-state index in [4.69, 9.17) is 4.74 Å². The van der Waals surface area contributed by atoms with Gasteiger partial charge in [0.1, 0.15) is 11.6 Å². The number of esters is 1. The number of pyridine rings is 1. The highest BCUT2D eigenvalue weighted by atomic mass is 32.2. The number of rotatable bonds is 5. The summed E-state index contributed by atoms with van der Waals surface area (Å²) in [6.07, 6.45) is 2.45. The molecular weight excluding hydrogens is 392 g/mol. The van der Waals surface area contributed by atoms with E-state index in [0.29, 0.717) is 30.0 Å². The molecule has 3 aromatic rings. The molecule has 4 rings (SSSR count). The van der Waals surface area contributed by atoms with E-state index in [0.717, 1.165) is 5.56 Å². The van der Waals surface area contributed by atoms with Crippen molar-refractivity contribution >= 4 is 33.2 Å². The zero-order chi connectivity index (χ0) is 20.3. The zero-order valence-electron chi connectivity index (χ0n) is 15.1. The number of nitrogens with one attached hydrogen (secondary N) is 1. The predicted octanol–water partition coefficient (Wildman–Crippen LogP) is 4.15. The van der Waals surface area contributed by atoms with Crippen LogP contribution in [-0.2, 0) is 21.2 Å². The first-order chi connectivity index (χ1) is 14.0. The third-order valence-electron chi connectivity index (χ3n) is 4.20. The number of ether oxygens (including phenoxy) is 1. The van der Waals surface area contributed by atoms with Gasteiger partial charge in [0.15, 0.2) is 0 Å². The number of fused-ring (bicyclic) bond motifs is 1. The van der Waals surface area contributed by atoms with Crippen molar-refractivity contribution in [3.05, 3.63) is 72.4 Å². The highest BCUT2D eigenvalue weighted by molar-refractivity contribution is 7.92. The summed E-state index contributed by atoms with van der Waals surface area (Å²) in [6.45, 7) is 0. The summed E-state index contributed by atoms with van der Waals surface area (Å²) in [5, 5.41) is 8.31. The lowest BCUT2D eigenvalue weighted by Gasteiger charge is -2.14. The SMILES string of the molecule is O=C1CCc2cc(/N=N/c3ccc(S(=O)(=O)Nc4ccccn4)cc3)ccc2O1. The van der Waals surface area contributed by atoms with Crippen LogP contribution in [0.1, 0.15) is 12.0 Å². The van der Waals surface area contributed by atoms with E-state index in [2.05, 4.69) is 19.9 Å². The second-order valence-corrected chi connectivity index (χ2v) is 7.96. The standard InChI is InChI=1S/C20H16N4O4S/c25-20-11-4-14-13-16(7-10-18(14)28-20)23-22-15-5-8-17(9-6-15)29(26,27)24-19-3-1-2-12-21-19/h1-3,5-10,12-13H,4,11H2,(H,21,24)/b23-22+. The Labute approximate surface area is 167 Å². The Balaban J connectivity index is 1.47. The number of hydrogen-bond acceptors (Lipinski definition) is 7. The Morgan fingerprint density at radius 3 is 2.45 bits per heavy atom. The van der Waals surface area contributed by atoms with E-state index in [1.807, 2.05) is 6.07 Å². The van der Waals surface area contributed by atoms with Gasteiger partial charge in [-0.25, -0.2) is 13.4 Å². The van der Waals surface area contributed by atoms with E-state index < -0.39 is 10.0 Å². The second kappa shape index (κ2) is 7.80. The lowest BCUT2D eigenvalue weighted by Crippen LogP contribution is -2.15. The van der Waals surface area contributed by atoms with E-state index in [1.165, 1.54) is 18.3 Å². The monoisotopic (exact) mass is 408 g/mol. The van der Waals surface area contributed by atoms with Gasteiger partial charge >= 0.3 is 5.97 Å². The molecule has 0 amide bonds. The van der Waals surface area contributed by atoms with E-state index in [-0.39, 0.29) is 16.7 Å². The van der Waals surface area contributed by atoms with Crippen molar-refractivity contribution in [3.63, 3.8) is 0 Å². The number of benzene rings is 2. The molecule has 0 radical (unpaired) electrons. The van der Waals surface area contributed by atoms with Crippen LogP contribution in [0.3, 0.4) is 0 Å². The maximum Gasteiger partial charge on any atom is 0.311 e. The van der Waals surface area contributed by atoms with Gasteiger partial charge in [0.05, 0.1) is 22.7 Å². The van der Waals surface area contributed by atoms with Crippen molar-refractivity contribution in [1.82, 2.24) is 4.98 Å². The molecule has 0 unspecified atom stereocenters. The summed E-state index contributed by atoms with van der Waals surface area (Å²) in [5.74, 6) is 0.559. The molecule has 0 saturated heterocycles. The predicted molar refractivity (Wildman–Crippen MR) is 106 cm³/mol. The Morgan fingerprint density at radius 1 is 0.931 bits per heavy atom.